The minimum Gasteiger partial charge on any atom is -1.00 e. The van der Waals surface area contributed by atoms with Gasteiger partial charge in [-0.2, -0.15) is 0 Å². The average Bonchev–Trinajstić information content (AvgIpc) is 2.68. The molecule has 5 heteroatoms. The second-order valence-electron chi connectivity index (χ2n) is 6.87. The van der Waals surface area contributed by atoms with Crippen molar-refractivity contribution in [3.8, 4) is 11.5 Å². The van der Waals surface area contributed by atoms with Gasteiger partial charge in [-0.3, -0.25) is 0 Å². The van der Waals surface area contributed by atoms with Gasteiger partial charge in [0, 0.05) is 12.0 Å². The minimum absolute atomic E-state index is 0. The molecule has 1 aliphatic heterocycles. The van der Waals surface area contributed by atoms with Crippen molar-refractivity contribution in [3.05, 3.63) is 60.2 Å². The number of rotatable bonds is 9. The Kier molecular flexibility index (Phi) is 9.11. The van der Waals surface area contributed by atoms with Crippen molar-refractivity contribution >= 4 is 0 Å². The van der Waals surface area contributed by atoms with E-state index in [2.05, 4.69) is 30.3 Å². The first kappa shape index (κ1) is 21.7. The highest BCUT2D eigenvalue weighted by Gasteiger charge is 2.30. The van der Waals surface area contributed by atoms with E-state index in [9.17, 15) is 0 Å². The van der Waals surface area contributed by atoms with Gasteiger partial charge in [-0.25, -0.2) is 0 Å². The molecule has 1 aliphatic rings. The van der Waals surface area contributed by atoms with E-state index < -0.39 is 0 Å². The lowest BCUT2D eigenvalue weighted by Crippen LogP contribution is -3.00. The van der Waals surface area contributed by atoms with Gasteiger partial charge in [0.2, 0.25) is 0 Å². The van der Waals surface area contributed by atoms with Crippen molar-refractivity contribution in [2.75, 3.05) is 46.1 Å². The Balaban J connectivity index is 0.00000261. The molecule has 2 aromatic carbocycles. The summed E-state index contributed by atoms with van der Waals surface area (Å²) in [4.78, 5) is 0. The summed E-state index contributed by atoms with van der Waals surface area (Å²) in [6.07, 6.45) is 1.04. The molecule has 0 saturated carbocycles. The van der Waals surface area contributed by atoms with Crippen LogP contribution in [0.5, 0.6) is 11.5 Å². The second-order valence-corrected chi connectivity index (χ2v) is 6.87. The second kappa shape index (κ2) is 11.3. The summed E-state index contributed by atoms with van der Waals surface area (Å²) in [5.41, 5.74) is 1.40. The first-order valence-corrected chi connectivity index (χ1v) is 9.62. The zero-order valence-electron chi connectivity index (χ0n) is 16.1. The van der Waals surface area contributed by atoms with Gasteiger partial charge in [0.1, 0.15) is 31.1 Å². The molecular formula is C22H30BrNO3. The number of hydrogen-bond acceptors (Lipinski definition) is 3. The SMILES string of the molecule is CCOc1ccc(OCCC[N+]2(Cc3ccccc3)CCOCC2)cc1.[Br-]. The summed E-state index contributed by atoms with van der Waals surface area (Å²) < 4.78 is 18.1. The molecule has 27 heavy (non-hydrogen) atoms. The largest absolute Gasteiger partial charge is 1.00 e. The summed E-state index contributed by atoms with van der Waals surface area (Å²) in [6, 6.07) is 18.7. The first-order valence-electron chi connectivity index (χ1n) is 9.62. The van der Waals surface area contributed by atoms with Crippen molar-refractivity contribution in [2.45, 2.75) is 19.9 Å². The van der Waals surface area contributed by atoms with Crippen molar-refractivity contribution in [3.63, 3.8) is 0 Å². The highest BCUT2D eigenvalue weighted by atomic mass is 79.9. The molecule has 0 atom stereocenters. The average molecular weight is 436 g/mol. The smallest absolute Gasteiger partial charge is 0.119 e. The number of morpholine rings is 1. The zero-order chi connectivity index (χ0) is 18.1. The van der Waals surface area contributed by atoms with Gasteiger partial charge in [0.15, 0.2) is 0 Å². The van der Waals surface area contributed by atoms with Crippen LogP contribution in [0.25, 0.3) is 0 Å². The van der Waals surface area contributed by atoms with E-state index >= 15 is 0 Å². The zero-order valence-corrected chi connectivity index (χ0v) is 17.7. The van der Waals surface area contributed by atoms with Crippen LogP contribution in [0.2, 0.25) is 0 Å². The summed E-state index contributed by atoms with van der Waals surface area (Å²) >= 11 is 0. The molecule has 0 spiro atoms. The van der Waals surface area contributed by atoms with Crippen LogP contribution in [-0.4, -0.2) is 50.5 Å². The van der Waals surface area contributed by atoms with Crippen LogP contribution < -0.4 is 26.5 Å². The Labute approximate surface area is 173 Å². The van der Waals surface area contributed by atoms with Crippen LogP contribution in [-0.2, 0) is 11.3 Å². The maximum absolute atomic E-state index is 5.93. The van der Waals surface area contributed by atoms with Gasteiger partial charge in [0.05, 0.1) is 33.0 Å². The van der Waals surface area contributed by atoms with E-state index in [1.54, 1.807) is 0 Å². The van der Waals surface area contributed by atoms with E-state index in [-0.39, 0.29) is 17.0 Å². The predicted molar refractivity (Wildman–Crippen MR) is 104 cm³/mol. The minimum atomic E-state index is 0. The van der Waals surface area contributed by atoms with Gasteiger partial charge < -0.3 is 35.7 Å². The monoisotopic (exact) mass is 435 g/mol. The number of nitrogens with zero attached hydrogens (tertiary/aromatic N) is 1. The summed E-state index contributed by atoms with van der Waals surface area (Å²) in [6.45, 7) is 9.48. The predicted octanol–water partition coefficient (Wildman–Crippen LogP) is 0.905. The van der Waals surface area contributed by atoms with Crippen molar-refractivity contribution in [1.82, 2.24) is 0 Å². The van der Waals surface area contributed by atoms with E-state index in [0.29, 0.717) is 6.61 Å². The van der Waals surface area contributed by atoms with Crippen molar-refractivity contribution in [1.29, 1.82) is 0 Å². The molecule has 3 rings (SSSR count). The van der Waals surface area contributed by atoms with Crippen LogP contribution in [0.3, 0.4) is 0 Å². The summed E-state index contributed by atoms with van der Waals surface area (Å²) in [7, 11) is 0. The van der Waals surface area contributed by atoms with Crippen molar-refractivity contribution < 1.29 is 35.7 Å². The van der Waals surface area contributed by atoms with Gasteiger partial charge in [0.25, 0.3) is 0 Å². The third-order valence-electron chi connectivity index (χ3n) is 4.96. The maximum atomic E-state index is 5.93. The number of halogens is 1. The standard InChI is InChI=1S/C22H30NO3.BrH/c1-2-25-21-9-11-22(12-10-21)26-16-6-13-23(14-17-24-18-15-23)19-20-7-4-3-5-8-20;/h3-5,7-12H,2,6,13-19H2,1H3;1H/q+1;/p-1. The Morgan fingerprint density at radius 3 is 2.15 bits per heavy atom. The number of ether oxygens (including phenoxy) is 3. The molecule has 4 nitrogen and oxygen atoms in total. The van der Waals surface area contributed by atoms with Gasteiger partial charge in [-0.05, 0) is 31.2 Å². The van der Waals surface area contributed by atoms with Gasteiger partial charge in [-0.1, -0.05) is 30.3 Å². The fraction of sp³-hybridized carbons (Fsp3) is 0.455. The Morgan fingerprint density at radius 1 is 0.889 bits per heavy atom. The van der Waals surface area contributed by atoms with Crippen LogP contribution in [0.4, 0.5) is 0 Å². The molecule has 0 N–H and O–H groups in total. The third kappa shape index (κ3) is 6.83. The van der Waals surface area contributed by atoms with Gasteiger partial charge in [-0.15, -0.1) is 0 Å². The van der Waals surface area contributed by atoms with Crippen LogP contribution >= 0.6 is 0 Å². The molecule has 0 amide bonds. The molecule has 1 fully saturated rings. The molecular weight excluding hydrogens is 406 g/mol. The lowest BCUT2D eigenvalue weighted by molar-refractivity contribution is -0.947. The van der Waals surface area contributed by atoms with Crippen LogP contribution in [0.15, 0.2) is 54.6 Å². The molecule has 0 aromatic heterocycles. The van der Waals surface area contributed by atoms with Gasteiger partial charge >= 0.3 is 0 Å². The lowest BCUT2D eigenvalue weighted by Gasteiger charge is -2.41. The summed E-state index contributed by atoms with van der Waals surface area (Å²) in [5, 5.41) is 0. The topological polar surface area (TPSA) is 27.7 Å². The Hall–Kier alpha value is -1.56. The Morgan fingerprint density at radius 2 is 1.52 bits per heavy atom. The molecule has 1 heterocycles. The first-order chi connectivity index (χ1) is 12.8. The van der Waals surface area contributed by atoms with Crippen LogP contribution in [0, 0.1) is 0 Å². The number of quaternary nitrogens is 1. The highest BCUT2D eigenvalue weighted by Crippen LogP contribution is 2.20. The third-order valence-corrected chi connectivity index (χ3v) is 4.96. The molecule has 148 valence electrons. The highest BCUT2D eigenvalue weighted by molar-refractivity contribution is 5.31. The molecule has 0 aliphatic carbocycles. The maximum Gasteiger partial charge on any atom is 0.119 e. The van der Waals surface area contributed by atoms with Crippen molar-refractivity contribution in [2.24, 2.45) is 0 Å². The number of benzene rings is 2. The Bertz CT molecular complexity index is 642. The van der Waals surface area contributed by atoms with E-state index in [4.69, 9.17) is 14.2 Å². The molecule has 2 aromatic rings. The summed E-state index contributed by atoms with van der Waals surface area (Å²) in [5.74, 6) is 1.80. The molecule has 0 unspecified atom stereocenters. The van der Waals surface area contributed by atoms with E-state index in [0.717, 1.165) is 68.4 Å². The quantitative estimate of drug-likeness (QED) is 0.432. The fourth-order valence-corrected chi connectivity index (χ4v) is 3.55. The molecule has 0 radical (unpaired) electrons. The fourth-order valence-electron chi connectivity index (χ4n) is 3.55. The van der Waals surface area contributed by atoms with E-state index in [1.807, 2.05) is 31.2 Å². The van der Waals surface area contributed by atoms with E-state index in [1.165, 1.54) is 5.56 Å². The van der Waals surface area contributed by atoms with Crippen LogP contribution in [0.1, 0.15) is 18.9 Å². The molecule has 1 saturated heterocycles. The normalized spacial score (nSPS) is 15.6. The lowest BCUT2D eigenvalue weighted by atomic mass is 10.1. The molecule has 0 bridgehead atoms. The number of hydrogen-bond donors (Lipinski definition) is 0.